The van der Waals surface area contributed by atoms with Gasteiger partial charge in [0.25, 0.3) is 5.91 Å². The van der Waals surface area contributed by atoms with Gasteiger partial charge in [-0.25, -0.2) is 4.39 Å². The molecule has 5 nitrogen and oxygen atoms in total. The number of aromatic nitrogens is 2. The number of nitrogens with zero attached hydrogens (tertiary/aromatic N) is 3. The Morgan fingerprint density at radius 2 is 2.00 bits per heavy atom. The van der Waals surface area contributed by atoms with Crippen LogP contribution in [0.2, 0.25) is 0 Å². The van der Waals surface area contributed by atoms with Crippen molar-refractivity contribution >= 4 is 5.91 Å². The van der Waals surface area contributed by atoms with Crippen LogP contribution in [0.3, 0.4) is 0 Å². The van der Waals surface area contributed by atoms with E-state index >= 15 is 0 Å². The van der Waals surface area contributed by atoms with E-state index < -0.39 is 0 Å². The Labute approximate surface area is 163 Å². The summed E-state index contributed by atoms with van der Waals surface area (Å²) in [6.07, 6.45) is 0. The van der Waals surface area contributed by atoms with E-state index in [0.717, 1.165) is 11.3 Å². The fourth-order valence-corrected chi connectivity index (χ4v) is 3.36. The first-order valence-corrected chi connectivity index (χ1v) is 9.32. The molecule has 0 saturated carbocycles. The van der Waals surface area contributed by atoms with Crippen LogP contribution in [0, 0.1) is 12.7 Å². The zero-order chi connectivity index (χ0) is 19.7. The highest BCUT2D eigenvalue weighted by atomic mass is 19.1. The van der Waals surface area contributed by atoms with E-state index in [1.807, 2.05) is 48.0 Å². The Kier molecular flexibility index (Phi) is 4.86. The molecule has 1 aromatic heterocycles. The highest BCUT2D eigenvalue weighted by molar-refractivity contribution is 5.94. The smallest absolute Gasteiger partial charge is 0.254 e. The number of carbonyl (C=O) groups excluding carboxylic acids is 1. The number of rotatable bonds is 4. The van der Waals surface area contributed by atoms with Gasteiger partial charge in [0.2, 0.25) is 5.88 Å². The predicted molar refractivity (Wildman–Crippen MR) is 103 cm³/mol. The van der Waals surface area contributed by atoms with Crippen LogP contribution >= 0.6 is 0 Å². The fourth-order valence-electron chi connectivity index (χ4n) is 3.36. The van der Waals surface area contributed by atoms with Crippen molar-refractivity contribution in [2.75, 3.05) is 0 Å². The maximum absolute atomic E-state index is 13.9. The number of hydrogen-bond donors (Lipinski definition) is 0. The van der Waals surface area contributed by atoms with Gasteiger partial charge in [0, 0.05) is 17.7 Å². The van der Waals surface area contributed by atoms with Crippen LogP contribution < -0.4 is 4.74 Å². The Balaban J connectivity index is 1.49. The van der Waals surface area contributed by atoms with E-state index in [-0.39, 0.29) is 17.8 Å². The quantitative estimate of drug-likeness (QED) is 0.690. The Morgan fingerprint density at radius 3 is 2.75 bits per heavy atom. The average molecular weight is 379 g/mol. The molecule has 6 heteroatoms. The zero-order valence-electron chi connectivity index (χ0n) is 15.9. The van der Waals surface area contributed by atoms with Crippen LogP contribution in [0.5, 0.6) is 5.88 Å². The number of hydrogen-bond acceptors (Lipinski definition) is 3. The molecule has 0 bridgehead atoms. The van der Waals surface area contributed by atoms with Crippen LogP contribution in [0.25, 0.3) is 0 Å². The number of carbonyl (C=O) groups is 1. The lowest BCUT2D eigenvalue weighted by Gasteiger charge is -2.34. The summed E-state index contributed by atoms with van der Waals surface area (Å²) in [5.41, 5.74) is 2.87. The van der Waals surface area contributed by atoms with Gasteiger partial charge in [-0.2, -0.15) is 0 Å². The molecule has 0 radical (unpaired) electrons. The van der Waals surface area contributed by atoms with Crippen LogP contribution in [-0.4, -0.2) is 26.6 Å². The molecular weight excluding hydrogens is 357 g/mol. The van der Waals surface area contributed by atoms with Crippen molar-refractivity contribution in [2.45, 2.75) is 39.6 Å². The molecule has 28 heavy (non-hydrogen) atoms. The van der Waals surface area contributed by atoms with Gasteiger partial charge in [-0.1, -0.05) is 36.4 Å². The maximum Gasteiger partial charge on any atom is 0.254 e. The van der Waals surface area contributed by atoms with E-state index in [1.54, 1.807) is 24.0 Å². The summed E-state index contributed by atoms with van der Waals surface area (Å²) in [7, 11) is 0. The maximum atomic E-state index is 13.9. The Morgan fingerprint density at radius 1 is 1.21 bits per heavy atom. The third-order valence-electron chi connectivity index (χ3n) is 5.05. The summed E-state index contributed by atoms with van der Waals surface area (Å²) in [6.45, 7) is 5.08. The van der Waals surface area contributed by atoms with Crippen molar-refractivity contribution in [3.05, 3.63) is 82.8 Å². The van der Waals surface area contributed by atoms with Crippen LogP contribution in [0.4, 0.5) is 4.39 Å². The number of aryl methyl sites for hydroxylation is 1. The van der Waals surface area contributed by atoms with Crippen LogP contribution in [0.1, 0.15) is 34.1 Å². The van der Waals surface area contributed by atoms with Crippen LogP contribution in [0.15, 0.2) is 54.6 Å². The van der Waals surface area contributed by atoms with E-state index in [4.69, 9.17) is 4.74 Å². The Bertz CT molecular complexity index is 1000. The average Bonchev–Trinajstić information content (AvgIpc) is 3.10. The van der Waals surface area contributed by atoms with Gasteiger partial charge in [0.1, 0.15) is 12.4 Å². The lowest BCUT2D eigenvalue weighted by atomic mass is 10.1. The first kappa shape index (κ1) is 18.2. The van der Waals surface area contributed by atoms with Crippen molar-refractivity contribution < 1.29 is 13.9 Å². The SMILES string of the molecule is Cc1ccc(C(=O)N2Cc3cc(OCc4ccccc4)nn3C[C@H]2C)cc1F. The second-order valence-electron chi connectivity index (χ2n) is 7.18. The van der Waals surface area contributed by atoms with Gasteiger partial charge in [-0.15, -0.1) is 5.10 Å². The molecule has 0 fully saturated rings. The first-order chi connectivity index (χ1) is 13.5. The number of ether oxygens (including phenoxy) is 1. The molecule has 0 aliphatic carbocycles. The van der Waals surface area contributed by atoms with Crippen LogP contribution in [-0.2, 0) is 19.7 Å². The van der Waals surface area contributed by atoms with Gasteiger partial charge >= 0.3 is 0 Å². The van der Waals surface area contributed by atoms with E-state index in [1.165, 1.54) is 6.07 Å². The summed E-state index contributed by atoms with van der Waals surface area (Å²) < 4.78 is 21.6. The minimum Gasteiger partial charge on any atom is -0.472 e. The molecule has 144 valence electrons. The van der Waals surface area contributed by atoms with Gasteiger partial charge in [0.15, 0.2) is 0 Å². The van der Waals surface area contributed by atoms with Gasteiger partial charge < -0.3 is 9.64 Å². The van der Waals surface area contributed by atoms with Gasteiger partial charge in [0.05, 0.1) is 18.8 Å². The normalized spacial score (nSPS) is 16.0. The molecule has 3 aromatic rings. The Hall–Kier alpha value is -3.15. The standard InChI is InChI=1S/C22H22FN3O2/c1-15-8-9-18(10-20(15)23)22(27)25-13-19-11-21(24-26(19)12-16(25)2)28-14-17-6-4-3-5-7-17/h3-11,16H,12-14H2,1-2H3/t16-/m1/s1. The lowest BCUT2D eigenvalue weighted by Crippen LogP contribution is -2.44. The topological polar surface area (TPSA) is 47.4 Å². The second kappa shape index (κ2) is 7.46. The number of fused-ring (bicyclic) bond motifs is 1. The molecule has 0 unspecified atom stereocenters. The number of benzene rings is 2. The molecule has 1 atom stereocenters. The summed E-state index contributed by atoms with van der Waals surface area (Å²) in [4.78, 5) is 14.7. The predicted octanol–water partition coefficient (Wildman–Crippen LogP) is 3.95. The molecule has 0 spiro atoms. The highest BCUT2D eigenvalue weighted by Crippen LogP contribution is 2.24. The van der Waals surface area contributed by atoms with Crippen molar-refractivity contribution in [3.8, 4) is 5.88 Å². The minimum atomic E-state index is -0.364. The first-order valence-electron chi connectivity index (χ1n) is 9.32. The van der Waals surface area contributed by atoms with Crippen molar-refractivity contribution in [3.63, 3.8) is 0 Å². The molecule has 1 aliphatic heterocycles. The molecule has 0 saturated heterocycles. The minimum absolute atomic E-state index is 0.0498. The fraction of sp³-hybridized carbons (Fsp3) is 0.273. The molecular formula is C22H22FN3O2. The molecule has 2 heterocycles. The summed E-state index contributed by atoms with van der Waals surface area (Å²) >= 11 is 0. The van der Waals surface area contributed by atoms with Crippen molar-refractivity contribution in [1.82, 2.24) is 14.7 Å². The zero-order valence-corrected chi connectivity index (χ0v) is 15.9. The molecule has 1 aliphatic rings. The molecule has 4 rings (SSSR count). The molecule has 0 N–H and O–H groups in total. The monoisotopic (exact) mass is 379 g/mol. The lowest BCUT2D eigenvalue weighted by molar-refractivity contribution is 0.0606. The second-order valence-corrected chi connectivity index (χ2v) is 7.18. The third kappa shape index (κ3) is 3.63. The van der Waals surface area contributed by atoms with Crippen molar-refractivity contribution in [2.24, 2.45) is 0 Å². The highest BCUT2D eigenvalue weighted by Gasteiger charge is 2.29. The van der Waals surface area contributed by atoms with Gasteiger partial charge in [-0.05, 0) is 37.1 Å². The number of halogens is 1. The third-order valence-corrected chi connectivity index (χ3v) is 5.05. The molecule has 2 aromatic carbocycles. The van der Waals surface area contributed by atoms with E-state index in [9.17, 15) is 9.18 Å². The van der Waals surface area contributed by atoms with E-state index in [2.05, 4.69) is 5.10 Å². The summed E-state index contributed by atoms with van der Waals surface area (Å²) in [5, 5.41) is 4.50. The van der Waals surface area contributed by atoms with Gasteiger partial charge in [-0.3, -0.25) is 9.48 Å². The summed E-state index contributed by atoms with van der Waals surface area (Å²) in [5.74, 6) is 0.00416. The summed E-state index contributed by atoms with van der Waals surface area (Å²) in [6, 6.07) is 16.3. The van der Waals surface area contributed by atoms with E-state index in [0.29, 0.717) is 36.7 Å². The number of amides is 1. The van der Waals surface area contributed by atoms with Crippen molar-refractivity contribution in [1.29, 1.82) is 0 Å². The molecule has 1 amide bonds. The largest absolute Gasteiger partial charge is 0.472 e.